The number of hydrogen-bond acceptors (Lipinski definition) is 6. The molecule has 34 heavy (non-hydrogen) atoms. The van der Waals surface area contributed by atoms with Gasteiger partial charge in [0.25, 0.3) is 0 Å². The SMILES string of the molecule is C[C@H]1CC2Oc3cc(C(F)(F)F)ccc3C2=[N+](C(=O)c2cc3c(cn2)nc(N)c2cncn23)C1. The molecule has 0 radical (unpaired) electrons. The third kappa shape index (κ3) is 3.03. The van der Waals surface area contributed by atoms with E-state index in [2.05, 4.69) is 15.0 Å². The summed E-state index contributed by atoms with van der Waals surface area (Å²) in [4.78, 5) is 26.4. The molecule has 0 aliphatic carbocycles. The van der Waals surface area contributed by atoms with Gasteiger partial charge in [-0.3, -0.25) is 4.40 Å². The molecule has 1 aromatic carbocycles. The Morgan fingerprint density at radius 3 is 2.85 bits per heavy atom. The van der Waals surface area contributed by atoms with Gasteiger partial charge in [-0.15, -0.1) is 0 Å². The van der Waals surface area contributed by atoms with Crippen LogP contribution in [0, 0.1) is 5.92 Å². The highest BCUT2D eigenvalue weighted by Gasteiger charge is 2.46. The number of nitrogens with zero attached hydrogens (tertiary/aromatic N) is 5. The average Bonchev–Trinajstić information content (AvgIpc) is 3.42. The van der Waals surface area contributed by atoms with Gasteiger partial charge < -0.3 is 10.5 Å². The third-order valence-corrected chi connectivity index (χ3v) is 6.29. The van der Waals surface area contributed by atoms with Gasteiger partial charge >= 0.3 is 12.1 Å². The minimum atomic E-state index is -4.48. The summed E-state index contributed by atoms with van der Waals surface area (Å²) >= 11 is 0. The van der Waals surface area contributed by atoms with Crippen molar-refractivity contribution < 1.29 is 27.3 Å². The number of aromatic nitrogens is 4. The number of fused-ring (bicyclic) bond motifs is 6. The lowest BCUT2D eigenvalue weighted by molar-refractivity contribution is -0.445. The number of carbonyl (C=O) groups excluding carboxylic acids is 1. The first-order valence-corrected chi connectivity index (χ1v) is 10.6. The van der Waals surface area contributed by atoms with E-state index in [1.165, 1.54) is 12.3 Å². The highest BCUT2D eigenvalue weighted by molar-refractivity contribution is 6.08. The Labute approximate surface area is 190 Å². The molecule has 1 amide bonds. The van der Waals surface area contributed by atoms with Crippen molar-refractivity contribution in [2.75, 3.05) is 12.3 Å². The number of carbonyl (C=O) groups is 1. The third-order valence-electron chi connectivity index (χ3n) is 6.29. The number of imidazole rings is 1. The Hall–Kier alpha value is -4.02. The van der Waals surface area contributed by atoms with Gasteiger partial charge in [-0.2, -0.15) is 17.7 Å². The minimum Gasteiger partial charge on any atom is -0.478 e. The smallest absolute Gasteiger partial charge is 0.438 e. The summed E-state index contributed by atoms with van der Waals surface area (Å²) in [5, 5.41) is 0. The maximum atomic E-state index is 13.6. The van der Waals surface area contributed by atoms with Crippen LogP contribution in [0.15, 0.2) is 43.0 Å². The number of pyridine rings is 1. The predicted octanol–water partition coefficient (Wildman–Crippen LogP) is 3.32. The molecule has 1 unspecified atom stereocenters. The number of benzene rings is 1. The van der Waals surface area contributed by atoms with Crippen molar-refractivity contribution in [1.82, 2.24) is 19.4 Å². The summed E-state index contributed by atoms with van der Waals surface area (Å²) in [5.41, 5.74) is 8.15. The summed E-state index contributed by atoms with van der Waals surface area (Å²) in [6.07, 6.45) is 0.246. The number of ether oxygens (including phenoxy) is 1. The van der Waals surface area contributed by atoms with Gasteiger partial charge in [0.2, 0.25) is 5.71 Å². The molecular weight excluding hydrogens is 449 g/mol. The molecule has 2 aliphatic rings. The quantitative estimate of drug-likeness (QED) is 0.432. The summed E-state index contributed by atoms with van der Waals surface area (Å²) in [7, 11) is 0. The van der Waals surface area contributed by atoms with Crippen LogP contribution in [0.5, 0.6) is 5.75 Å². The van der Waals surface area contributed by atoms with Crippen molar-refractivity contribution in [2.45, 2.75) is 25.6 Å². The van der Waals surface area contributed by atoms with Crippen LogP contribution in [0.3, 0.4) is 0 Å². The first kappa shape index (κ1) is 20.6. The number of alkyl halides is 3. The van der Waals surface area contributed by atoms with Crippen LogP contribution in [-0.2, 0) is 6.18 Å². The largest absolute Gasteiger partial charge is 0.478 e. The second-order valence-corrected chi connectivity index (χ2v) is 8.66. The highest BCUT2D eigenvalue weighted by Crippen LogP contribution is 2.39. The van der Waals surface area contributed by atoms with Crippen LogP contribution in [0.1, 0.15) is 35.0 Å². The van der Waals surface area contributed by atoms with Crippen molar-refractivity contribution >= 4 is 34.0 Å². The van der Waals surface area contributed by atoms with Gasteiger partial charge in [0.05, 0.1) is 35.4 Å². The van der Waals surface area contributed by atoms with E-state index in [9.17, 15) is 18.0 Å². The molecule has 8 nitrogen and oxygen atoms in total. The molecule has 172 valence electrons. The number of amides is 1. The van der Waals surface area contributed by atoms with E-state index in [1.54, 1.807) is 27.6 Å². The van der Waals surface area contributed by atoms with E-state index >= 15 is 0 Å². The Balaban J connectivity index is 1.49. The Morgan fingerprint density at radius 1 is 1.24 bits per heavy atom. The Kier molecular flexibility index (Phi) is 4.23. The topological polar surface area (TPSA) is 98.4 Å². The summed E-state index contributed by atoms with van der Waals surface area (Å²) in [6, 6.07) is 5.00. The minimum absolute atomic E-state index is 0.0800. The fraction of sp³-hybridized carbons (Fsp3) is 0.261. The number of rotatable bonds is 1. The van der Waals surface area contributed by atoms with Crippen LogP contribution >= 0.6 is 0 Å². The molecule has 0 saturated heterocycles. The highest BCUT2D eigenvalue weighted by atomic mass is 19.4. The van der Waals surface area contributed by atoms with Crippen LogP contribution in [0.4, 0.5) is 19.0 Å². The van der Waals surface area contributed by atoms with E-state index < -0.39 is 17.8 Å². The second-order valence-electron chi connectivity index (χ2n) is 8.66. The number of anilines is 1. The van der Waals surface area contributed by atoms with Crippen molar-refractivity contribution in [3.8, 4) is 5.75 Å². The zero-order valence-corrected chi connectivity index (χ0v) is 17.9. The zero-order chi connectivity index (χ0) is 23.8. The Bertz CT molecular complexity index is 1540. The summed E-state index contributed by atoms with van der Waals surface area (Å²) in [5.74, 6) is 0.145. The van der Waals surface area contributed by atoms with Crippen LogP contribution in [0.2, 0.25) is 0 Å². The normalized spacial score (nSPS) is 19.9. The lowest BCUT2D eigenvalue weighted by Crippen LogP contribution is -2.43. The molecule has 6 rings (SSSR count). The molecular formula is C23H18F3N6O2+. The van der Waals surface area contributed by atoms with Gasteiger partial charge in [-0.05, 0) is 18.2 Å². The molecule has 0 saturated carbocycles. The standard InChI is InChI=1S/C23H17F3N6O2/c1-11-4-19-20(13-3-2-12(23(24,25)26)5-18(13)34-19)31(9-11)22(33)14-6-16-15(7-29-14)30-21(27)17-8-28-10-32(16)17/h2-3,5-8,10-11,19H,4,9H2,1H3,(H-,27,30,33)/p+1/t11-,19?/m0/s1. The van der Waals surface area contributed by atoms with Crippen molar-refractivity contribution in [1.29, 1.82) is 0 Å². The maximum absolute atomic E-state index is 13.6. The van der Waals surface area contributed by atoms with E-state index in [1.807, 2.05) is 6.92 Å². The van der Waals surface area contributed by atoms with E-state index in [-0.39, 0.29) is 23.3 Å². The predicted molar refractivity (Wildman–Crippen MR) is 116 cm³/mol. The number of hydrogen-bond donors (Lipinski definition) is 1. The molecule has 2 aliphatic heterocycles. The fourth-order valence-electron chi connectivity index (χ4n) is 4.75. The summed E-state index contributed by atoms with van der Waals surface area (Å²) in [6.45, 7) is 2.37. The van der Waals surface area contributed by atoms with Crippen LogP contribution in [0.25, 0.3) is 16.6 Å². The molecule has 0 fully saturated rings. The van der Waals surface area contributed by atoms with Crippen LogP contribution in [-0.4, -0.2) is 48.2 Å². The molecule has 11 heteroatoms. The molecule has 2 atom stereocenters. The molecule has 4 aromatic rings. The van der Waals surface area contributed by atoms with Gasteiger partial charge in [0, 0.05) is 18.4 Å². The lowest BCUT2D eigenvalue weighted by atomic mass is 9.93. The van der Waals surface area contributed by atoms with E-state index in [0.29, 0.717) is 46.6 Å². The zero-order valence-electron chi connectivity index (χ0n) is 17.9. The van der Waals surface area contributed by atoms with Gasteiger partial charge in [-0.25, -0.2) is 19.7 Å². The number of nitrogen functional groups attached to an aromatic ring is 1. The maximum Gasteiger partial charge on any atom is 0.438 e. The van der Waals surface area contributed by atoms with Crippen LogP contribution < -0.4 is 10.5 Å². The van der Waals surface area contributed by atoms with E-state index in [4.69, 9.17) is 10.5 Å². The van der Waals surface area contributed by atoms with Gasteiger partial charge in [0.1, 0.15) is 22.6 Å². The van der Waals surface area contributed by atoms with Gasteiger partial charge in [-0.1, -0.05) is 6.92 Å². The lowest BCUT2D eigenvalue weighted by Gasteiger charge is -2.21. The Morgan fingerprint density at radius 2 is 2.06 bits per heavy atom. The second kappa shape index (κ2) is 6.99. The first-order valence-electron chi connectivity index (χ1n) is 10.6. The molecule has 0 spiro atoms. The monoisotopic (exact) mass is 467 g/mol. The van der Waals surface area contributed by atoms with Gasteiger partial charge in [0.15, 0.2) is 18.3 Å². The van der Waals surface area contributed by atoms with E-state index in [0.717, 1.165) is 12.1 Å². The molecule has 3 aromatic heterocycles. The molecule has 2 N–H and O–H groups in total. The number of halogens is 3. The average molecular weight is 467 g/mol. The summed E-state index contributed by atoms with van der Waals surface area (Å²) < 4.78 is 48.8. The van der Waals surface area contributed by atoms with Crippen molar-refractivity contribution in [3.63, 3.8) is 0 Å². The number of nitrogens with two attached hydrogens (primary N) is 1. The molecule has 5 heterocycles. The molecule has 0 bridgehead atoms. The fourth-order valence-corrected chi connectivity index (χ4v) is 4.75. The van der Waals surface area contributed by atoms with Crippen molar-refractivity contribution in [3.05, 3.63) is 59.8 Å². The first-order chi connectivity index (χ1) is 16.2. The van der Waals surface area contributed by atoms with Crippen molar-refractivity contribution in [2.24, 2.45) is 5.92 Å².